The smallest absolute Gasteiger partial charge is 0.241 e. The van der Waals surface area contributed by atoms with E-state index in [1.165, 1.54) is 0 Å². The number of ether oxygens (including phenoxy) is 1. The van der Waals surface area contributed by atoms with E-state index in [0.717, 1.165) is 0 Å². The second-order valence-corrected chi connectivity index (χ2v) is 5.10. The van der Waals surface area contributed by atoms with Gasteiger partial charge in [-0.1, -0.05) is 13.8 Å². The van der Waals surface area contributed by atoms with Crippen molar-refractivity contribution in [2.45, 2.75) is 19.9 Å². The molecule has 0 radical (unpaired) electrons. The molecule has 0 spiro atoms. The Bertz CT molecular complexity index is 446. The Morgan fingerprint density at radius 3 is 2.24 bits per heavy atom. The van der Waals surface area contributed by atoms with E-state index in [1.807, 2.05) is 32.8 Å². The van der Waals surface area contributed by atoms with E-state index in [1.54, 1.807) is 25.3 Å². The van der Waals surface area contributed by atoms with Gasteiger partial charge < -0.3 is 15.8 Å². The first-order valence-electron chi connectivity index (χ1n) is 6.27. The van der Waals surface area contributed by atoms with Crippen molar-refractivity contribution in [2.24, 2.45) is 5.92 Å². The van der Waals surface area contributed by atoms with Gasteiger partial charge in [0.2, 0.25) is 5.91 Å². The van der Waals surface area contributed by atoms with Crippen LogP contribution in [0.15, 0.2) is 18.2 Å². The molecular weight excluding hydrogens is 313 g/mol. The maximum absolute atomic E-state index is 12.2. The third kappa shape index (κ3) is 5.99. The molecule has 0 aliphatic carbocycles. The molecule has 0 fully saturated rings. The summed E-state index contributed by atoms with van der Waals surface area (Å²) in [5.74, 6) is 0.793. The predicted octanol–water partition coefficient (Wildman–Crippen LogP) is 2.65. The number of nitrogen functional groups attached to an aromatic ring is 1. The van der Waals surface area contributed by atoms with Crippen LogP contribution in [0, 0.1) is 5.92 Å². The Morgan fingerprint density at radius 1 is 1.29 bits per heavy atom. The van der Waals surface area contributed by atoms with Gasteiger partial charge in [-0.3, -0.25) is 9.69 Å². The van der Waals surface area contributed by atoms with Crippen LogP contribution in [0.4, 0.5) is 11.4 Å². The van der Waals surface area contributed by atoms with Crippen molar-refractivity contribution in [1.29, 1.82) is 0 Å². The number of amides is 1. The number of likely N-dealkylation sites (N-methyl/N-ethyl adjacent to an activating group) is 1. The fraction of sp³-hybridized carbons (Fsp3) is 0.500. The number of carbonyl (C=O) groups is 1. The first-order valence-corrected chi connectivity index (χ1v) is 6.27. The van der Waals surface area contributed by atoms with Crippen molar-refractivity contribution in [3.8, 4) is 5.75 Å². The van der Waals surface area contributed by atoms with E-state index in [-0.39, 0.29) is 42.7 Å². The third-order valence-corrected chi connectivity index (χ3v) is 2.95. The molecule has 7 heteroatoms. The molecule has 21 heavy (non-hydrogen) atoms. The van der Waals surface area contributed by atoms with Gasteiger partial charge in [0.15, 0.2) is 0 Å². The monoisotopic (exact) mass is 337 g/mol. The Hall–Kier alpha value is -1.17. The molecule has 1 aromatic rings. The molecule has 1 rings (SSSR count). The topological polar surface area (TPSA) is 67.6 Å². The highest BCUT2D eigenvalue weighted by Crippen LogP contribution is 2.25. The van der Waals surface area contributed by atoms with Crippen LogP contribution in [0.2, 0.25) is 0 Å². The number of anilines is 2. The first-order chi connectivity index (χ1) is 8.86. The van der Waals surface area contributed by atoms with Crippen molar-refractivity contribution >= 4 is 42.1 Å². The zero-order valence-corrected chi connectivity index (χ0v) is 14.7. The van der Waals surface area contributed by atoms with Crippen LogP contribution in [0.25, 0.3) is 0 Å². The van der Waals surface area contributed by atoms with Gasteiger partial charge in [-0.05, 0) is 38.2 Å². The standard InChI is InChI=1S/C14H23N3O2.2ClH/c1-9(2)13(17(3)4)14(18)16-10-6-7-12(19-5)11(15)8-10;;/h6-9,13H,15H2,1-5H3,(H,16,18);2*1H. The summed E-state index contributed by atoms with van der Waals surface area (Å²) in [6.07, 6.45) is 0. The molecule has 3 N–H and O–H groups in total. The number of nitrogens with one attached hydrogen (secondary N) is 1. The molecule has 1 amide bonds. The number of hydrogen-bond donors (Lipinski definition) is 2. The lowest BCUT2D eigenvalue weighted by Crippen LogP contribution is -2.43. The second-order valence-electron chi connectivity index (χ2n) is 5.10. The minimum absolute atomic E-state index is 0. The van der Waals surface area contributed by atoms with Gasteiger partial charge >= 0.3 is 0 Å². The minimum atomic E-state index is -0.177. The molecule has 1 unspecified atom stereocenters. The highest BCUT2D eigenvalue weighted by Gasteiger charge is 2.24. The summed E-state index contributed by atoms with van der Waals surface area (Å²) >= 11 is 0. The SMILES string of the molecule is COc1ccc(NC(=O)C(C(C)C)N(C)C)cc1N.Cl.Cl. The highest BCUT2D eigenvalue weighted by atomic mass is 35.5. The van der Waals surface area contributed by atoms with Gasteiger partial charge in [0.05, 0.1) is 18.8 Å². The number of benzene rings is 1. The van der Waals surface area contributed by atoms with Gasteiger partial charge in [-0.25, -0.2) is 0 Å². The first kappa shape index (κ1) is 22.1. The fourth-order valence-corrected chi connectivity index (χ4v) is 2.16. The molecule has 0 aliphatic heterocycles. The van der Waals surface area contributed by atoms with Gasteiger partial charge in [-0.15, -0.1) is 24.8 Å². The molecule has 5 nitrogen and oxygen atoms in total. The molecule has 0 heterocycles. The summed E-state index contributed by atoms with van der Waals surface area (Å²) in [4.78, 5) is 14.1. The predicted molar refractivity (Wildman–Crippen MR) is 92.8 cm³/mol. The Kier molecular flexibility index (Phi) is 10.2. The largest absolute Gasteiger partial charge is 0.495 e. The Morgan fingerprint density at radius 2 is 1.86 bits per heavy atom. The number of nitrogens with zero attached hydrogens (tertiary/aromatic N) is 1. The Balaban J connectivity index is 0. The number of carbonyl (C=O) groups excluding carboxylic acids is 1. The number of nitrogens with two attached hydrogens (primary N) is 1. The van der Waals surface area contributed by atoms with E-state index in [4.69, 9.17) is 10.5 Å². The maximum Gasteiger partial charge on any atom is 0.241 e. The zero-order valence-electron chi connectivity index (χ0n) is 13.0. The van der Waals surface area contributed by atoms with E-state index in [2.05, 4.69) is 5.32 Å². The summed E-state index contributed by atoms with van der Waals surface area (Å²) in [7, 11) is 5.35. The van der Waals surface area contributed by atoms with E-state index in [0.29, 0.717) is 17.1 Å². The second kappa shape index (κ2) is 9.71. The summed E-state index contributed by atoms with van der Waals surface area (Å²) in [5.41, 5.74) is 7.00. The number of methoxy groups -OCH3 is 1. The lowest BCUT2D eigenvalue weighted by atomic mass is 10.0. The number of halogens is 2. The molecular formula is C14H25Cl2N3O2. The van der Waals surface area contributed by atoms with Crippen LogP contribution >= 0.6 is 24.8 Å². The molecule has 0 saturated carbocycles. The van der Waals surface area contributed by atoms with Gasteiger partial charge in [0.25, 0.3) is 0 Å². The lowest BCUT2D eigenvalue weighted by molar-refractivity contribution is -0.121. The summed E-state index contributed by atoms with van der Waals surface area (Å²) in [6.45, 7) is 4.04. The number of hydrogen-bond acceptors (Lipinski definition) is 4. The van der Waals surface area contributed by atoms with Gasteiger partial charge in [0, 0.05) is 5.69 Å². The van der Waals surface area contributed by atoms with Crippen LogP contribution in [0.1, 0.15) is 13.8 Å². The molecule has 1 aromatic carbocycles. The van der Waals surface area contributed by atoms with Gasteiger partial charge in [-0.2, -0.15) is 0 Å². The van der Waals surface area contributed by atoms with Crippen molar-refractivity contribution in [3.63, 3.8) is 0 Å². The molecule has 1 atom stereocenters. The van der Waals surface area contributed by atoms with Crippen LogP contribution in [0.5, 0.6) is 5.75 Å². The summed E-state index contributed by atoms with van der Waals surface area (Å²) < 4.78 is 5.08. The summed E-state index contributed by atoms with van der Waals surface area (Å²) in [6, 6.07) is 5.04. The molecule has 0 aromatic heterocycles. The van der Waals surface area contributed by atoms with Crippen LogP contribution in [0.3, 0.4) is 0 Å². The molecule has 0 saturated heterocycles. The molecule has 0 aliphatic rings. The third-order valence-electron chi connectivity index (χ3n) is 2.95. The Labute approximate surface area is 139 Å². The zero-order chi connectivity index (χ0) is 14.6. The van der Waals surface area contributed by atoms with Crippen molar-refractivity contribution in [2.75, 3.05) is 32.3 Å². The lowest BCUT2D eigenvalue weighted by Gasteiger charge is -2.26. The molecule has 0 bridgehead atoms. The van der Waals surface area contributed by atoms with Crippen molar-refractivity contribution in [3.05, 3.63) is 18.2 Å². The fourth-order valence-electron chi connectivity index (χ4n) is 2.16. The average molecular weight is 338 g/mol. The molecule has 122 valence electrons. The van der Waals surface area contributed by atoms with Crippen molar-refractivity contribution in [1.82, 2.24) is 4.90 Å². The number of rotatable bonds is 5. The van der Waals surface area contributed by atoms with E-state index < -0.39 is 0 Å². The van der Waals surface area contributed by atoms with E-state index in [9.17, 15) is 4.79 Å². The van der Waals surface area contributed by atoms with Crippen LogP contribution in [-0.2, 0) is 4.79 Å². The normalized spacial score (nSPS) is 11.4. The van der Waals surface area contributed by atoms with Crippen LogP contribution < -0.4 is 15.8 Å². The minimum Gasteiger partial charge on any atom is -0.495 e. The van der Waals surface area contributed by atoms with E-state index >= 15 is 0 Å². The summed E-state index contributed by atoms with van der Waals surface area (Å²) in [5, 5.41) is 2.88. The van der Waals surface area contributed by atoms with Crippen molar-refractivity contribution < 1.29 is 9.53 Å². The quantitative estimate of drug-likeness (QED) is 0.810. The average Bonchev–Trinajstić information content (AvgIpc) is 2.27. The van der Waals surface area contributed by atoms with Gasteiger partial charge in [0.1, 0.15) is 5.75 Å². The maximum atomic E-state index is 12.2. The highest BCUT2D eigenvalue weighted by molar-refractivity contribution is 5.95. The van der Waals surface area contributed by atoms with Crippen LogP contribution in [-0.4, -0.2) is 38.1 Å².